The summed E-state index contributed by atoms with van der Waals surface area (Å²) in [4.78, 5) is 29.9. The van der Waals surface area contributed by atoms with Crippen LogP contribution >= 0.6 is 11.6 Å². The Balaban J connectivity index is 1.71. The Morgan fingerprint density at radius 1 is 1.06 bits per heavy atom. The van der Waals surface area contributed by atoms with Crippen molar-refractivity contribution in [2.45, 2.75) is 13.0 Å². The summed E-state index contributed by atoms with van der Waals surface area (Å²) in [5.74, 6) is -0.817. The van der Waals surface area contributed by atoms with Crippen molar-refractivity contribution in [3.63, 3.8) is 0 Å². The number of carbonyl (C=O) groups is 2. The van der Waals surface area contributed by atoms with Gasteiger partial charge in [0.25, 0.3) is 11.7 Å². The lowest BCUT2D eigenvalue weighted by molar-refractivity contribution is -0.140. The van der Waals surface area contributed by atoms with Crippen LogP contribution in [0.4, 0.5) is 0 Å². The maximum Gasteiger partial charge on any atom is 0.295 e. The summed E-state index contributed by atoms with van der Waals surface area (Å²) >= 11 is 5.98. The van der Waals surface area contributed by atoms with E-state index in [0.717, 1.165) is 18.7 Å². The van der Waals surface area contributed by atoms with Crippen molar-refractivity contribution in [1.29, 1.82) is 0 Å². The highest BCUT2D eigenvalue weighted by molar-refractivity contribution is 6.46. The van der Waals surface area contributed by atoms with Crippen LogP contribution in [0.3, 0.4) is 0 Å². The molecule has 0 spiro atoms. The standard InChI is InChI=1S/C25H27ClN2O5/c1-2-33-20-9-5-17(6-10-20)22-21(23(29)18-3-7-19(26)8-4-18)24(30)25(31)28(22)12-11-27-13-15-32-16-14-27/h3-10,22,29H,2,11-16H2,1H3/b23-21+/t22-/m0/s1. The van der Waals surface area contributed by atoms with E-state index in [1.165, 1.54) is 0 Å². The van der Waals surface area contributed by atoms with Crippen LogP contribution in [-0.4, -0.2) is 72.6 Å². The van der Waals surface area contributed by atoms with Gasteiger partial charge in [-0.15, -0.1) is 0 Å². The number of aliphatic hydroxyl groups excluding tert-OH is 1. The molecule has 0 aliphatic carbocycles. The lowest BCUT2D eigenvalue weighted by Gasteiger charge is -2.31. The number of amides is 1. The fourth-order valence-corrected chi connectivity index (χ4v) is 4.33. The van der Waals surface area contributed by atoms with Crippen LogP contribution in [0.2, 0.25) is 5.02 Å². The van der Waals surface area contributed by atoms with Crippen molar-refractivity contribution < 1.29 is 24.2 Å². The summed E-state index contributed by atoms with van der Waals surface area (Å²) in [5, 5.41) is 11.6. The zero-order chi connectivity index (χ0) is 23.4. The zero-order valence-electron chi connectivity index (χ0n) is 18.5. The van der Waals surface area contributed by atoms with Crippen molar-refractivity contribution in [1.82, 2.24) is 9.80 Å². The summed E-state index contributed by atoms with van der Waals surface area (Å²) in [6.07, 6.45) is 0. The Labute approximate surface area is 198 Å². The molecule has 7 nitrogen and oxygen atoms in total. The van der Waals surface area contributed by atoms with E-state index in [1.54, 1.807) is 29.2 Å². The van der Waals surface area contributed by atoms with Crippen LogP contribution in [0.25, 0.3) is 5.76 Å². The van der Waals surface area contributed by atoms with Crippen molar-refractivity contribution in [2.75, 3.05) is 46.0 Å². The van der Waals surface area contributed by atoms with Gasteiger partial charge in [0.2, 0.25) is 0 Å². The number of rotatable bonds is 7. The first kappa shape index (κ1) is 23.3. The zero-order valence-corrected chi connectivity index (χ0v) is 19.3. The van der Waals surface area contributed by atoms with Gasteiger partial charge < -0.3 is 19.5 Å². The second-order valence-corrected chi connectivity index (χ2v) is 8.39. The summed E-state index contributed by atoms with van der Waals surface area (Å²) in [6, 6.07) is 13.1. The molecule has 33 heavy (non-hydrogen) atoms. The molecule has 0 aromatic heterocycles. The molecule has 2 fully saturated rings. The topological polar surface area (TPSA) is 79.3 Å². The van der Waals surface area contributed by atoms with Gasteiger partial charge in [-0.1, -0.05) is 23.7 Å². The summed E-state index contributed by atoms with van der Waals surface area (Å²) < 4.78 is 10.9. The van der Waals surface area contributed by atoms with Gasteiger partial charge >= 0.3 is 0 Å². The molecule has 2 aliphatic rings. The molecule has 1 N–H and O–H groups in total. The number of likely N-dealkylation sites (tertiary alicyclic amines) is 1. The molecule has 2 aromatic rings. The Morgan fingerprint density at radius 3 is 2.36 bits per heavy atom. The largest absolute Gasteiger partial charge is 0.507 e. The molecule has 2 heterocycles. The fraction of sp³-hybridized carbons (Fsp3) is 0.360. The number of hydrogen-bond donors (Lipinski definition) is 1. The van der Waals surface area contributed by atoms with Gasteiger partial charge in [-0.2, -0.15) is 0 Å². The normalized spacial score (nSPS) is 20.9. The van der Waals surface area contributed by atoms with E-state index in [0.29, 0.717) is 49.2 Å². The van der Waals surface area contributed by atoms with E-state index < -0.39 is 17.7 Å². The number of ketones is 1. The highest BCUT2D eigenvalue weighted by Gasteiger charge is 2.46. The fourth-order valence-electron chi connectivity index (χ4n) is 4.21. The number of benzene rings is 2. The minimum Gasteiger partial charge on any atom is -0.507 e. The van der Waals surface area contributed by atoms with E-state index in [9.17, 15) is 14.7 Å². The molecule has 0 bridgehead atoms. The molecule has 2 saturated heterocycles. The van der Waals surface area contributed by atoms with Gasteiger partial charge in [0.05, 0.1) is 31.4 Å². The van der Waals surface area contributed by atoms with Gasteiger partial charge in [0.15, 0.2) is 0 Å². The van der Waals surface area contributed by atoms with Crippen LogP contribution in [0.5, 0.6) is 5.75 Å². The van der Waals surface area contributed by atoms with Crippen molar-refractivity contribution >= 4 is 29.1 Å². The lowest BCUT2D eigenvalue weighted by Crippen LogP contribution is -2.42. The number of Topliss-reactive ketones (excluding diaryl/α,β-unsaturated/α-hetero) is 1. The third kappa shape index (κ3) is 5.05. The van der Waals surface area contributed by atoms with Gasteiger partial charge in [-0.25, -0.2) is 0 Å². The van der Waals surface area contributed by atoms with Crippen molar-refractivity contribution in [2.24, 2.45) is 0 Å². The molecule has 4 rings (SSSR count). The smallest absolute Gasteiger partial charge is 0.295 e. The van der Waals surface area contributed by atoms with E-state index in [2.05, 4.69) is 4.90 Å². The Morgan fingerprint density at radius 2 is 1.73 bits per heavy atom. The molecule has 8 heteroatoms. The molecule has 1 amide bonds. The number of aliphatic hydroxyl groups is 1. The third-order valence-corrected chi connectivity index (χ3v) is 6.18. The second-order valence-electron chi connectivity index (χ2n) is 7.96. The van der Waals surface area contributed by atoms with E-state index in [1.807, 2.05) is 31.2 Å². The highest BCUT2D eigenvalue weighted by atomic mass is 35.5. The molecule has 2 aromatic carbocycles. The maximum absolute atomic E-state index is 13.1. The minimum absolute atomic E-state index is 0.0773. The van der Waals surface area contributed by atoms with Crippen LogP contribution in [-0.2, 0) is 14.3 Å². The molecule has 0 saturated carbocycles. The van der Waals surface area contributed by atoms with E-state index >= 15 is 0 Å². The summed E-state index contributed by atoms with van der Waals surface area (Å²) in [7, 11) is 0. The van der Waals surface area contributed by atoms with Gasteiger partial charge in [-0.05, 0) is 48.9 Å². The number of morpholine rings is 1. The summed E-state index contributed by atoms with van der Waals surface area (Å²) in [6.45, 7) is 6.28. The number of ether oxygens (including phenoxy) is 2. The second kappa shape index (κ2) is 10.4. The molecule has 174 valence electrons. The van der Waals surface area contributed by atoms with Crippen LogP contribution < -0.4 is 4.74 Å². The van der Waals surface area contributed by atoms with E-state index in [4.69, 9.17) is 21.1 Å². The Hall–Kier alpha value is -2.87. The van der Waals surface area contributed by atoms with Crippen LogP contribution in [0.1, 0.15) is 24.1 Å². The van der Waals surface area contributed by atoms with Gasteiger partial charge in [-0.3, -0.25) is 14.5 Å². The molecule has 0 unspecified atom stereocenters. The first-order valence-corrected chi connectivity index (χ1v) is 11.4. The molecule has 2 aliphatic heterocycles. The quantitative estimate of drug-likeness (QED) is 0.379. The third-order valence-electron chi connectivity index (χ3n) is 5.93. The highest BCUT2D eigenvalue weighted by Crippen LogP contribution is 2.39. The Kier molecular flexibility index (Phi) is 7.33. The van der Waals surface area contributed by atoms with E-state index in [-0.39, 0.29) is 11.3 Å². The minimum atomic E-state index is -0.697. The lowest BCUT2D eigenvalue weighted by atomic mass is 9.95. The maximum atomic E-state index is 13.1. The molecular weight excluding hydrogens is 444 g/mol. The van der Waals surface area contributed by atoms with Crippen molar-refractivity contribution in [3.05, 3.63) is 70.3 Å². The Bertz CT molecular complexity index is 1030. The predicted octanol–water partition coefficient (Wildman–Crippen LogP) is 3.49. The van der Waals surface area contributed by atoms with Crippen LogP contribution in [0, 0.1) is 0 Å². The average Bonchev–Trinajstić information content (AvgIpc) is 3.09. The summed E-state index contributed by atoms with van der Waals surface area (Å²) in [5.41, 5.74) is 1.24. The van der Waals surface area contributed by atoms with Crippen molar-refractivity contribution in [3.8, 4) is 5.75 Å². The number of halogens is 1. The first-order valence-electron chi connectivity index (χ1n) is 11.1. The molecular formula is C25H27ClN2O5. The average molecular weight is 471 g/mol. The number of hydrogen-bond acceptors (Lipinski definition) is 6. The first-order chi connectivity index (χ1) is 16.0. The molecule has 1 atom stereocenters. The molecule has 0 radical (unpaired) electrons. The van der Waals surface area contributed by atoms with Gasteiger partial charge in [0.1, 0.15) is 11.5 Å². The predicted molar refractivity (Wildman–Crippen MR) is 125 cm³/mol. The number of carbonyl (C=O) groups excluding carboxylic acids is 2. The SMILES string of the molecule is CCOc1ccc([C@H]2/C(=C(\O)c3ccc(Cl)cc3)C(=O)C(=O)N2CCN2CCOCC2)cc1. The number of nitrogens with zero attached hydrogens (tertiary/aromatic N) is 2. The monoisotopic (exact) mass is 470 g/mol. The van der Waals surface area contributed by atoms with Gasteiger partial charge in [0, 0.05) is 36.8 Å². The van der Waals surface area contributed by atoms with Crippen LogP contribution in [0.15, 0.2) is 54.1 Å².